The largest absolute Gasteiger partial charge is 0.488 e. The predicted molar refractivity (Wildman–Crippen MR) is 138 cm³/mol. The van der Waals surface area contributed by atoms with E-state index in [1.807, 2.05) is 55.8 Å². The Labute approximate surface area is 211 Å². The second-order valence-corrected chi connectivity index (χ2v) is 10.7. The minimum atomic E-state index is -0.649. The normalized spacial score (nSPS) is 20.9. The second-order valence-electron chi connectivity index (χ2n) is 10.7. The first-order chi connectivity index (χ1) is 17.2. The Morgan fingerprint density at radius 3 is 2.69 bits per heavy atom. The van der Waals surface area contributed by atoms with Gasteiger partial charge in [0, 0.05) is 38.1 Å². The van der Waals surface area contributed by atoms with Crippen LogP contribution >= 0.6 is 0 Å². The van der Waals surface area contributed by atoms with Crippen molar-refractivity contribution in [2.24, 2.45) is 0 Å². The van der Waals surface area contributed by atoms with Gasteiger partial charge in [-0.25, -0.2) is 4.79 Å². The number of hydrogen-bond donors (Lipinski definition) is 0. The molecule has 8 heteroatoms. The van der Waals surface area contributed by atoms with Crippen molar-refractivity contribution in [3.05, 3.63) is 48.7 Å². The third-order valence-electron chi connectivity index (χ3n) is 6.73. The van der Waals surface area contributed by atoms with Gasteiger partial charge in [0.1, 0.15) is 23.5 Å². The highest BCUT2D eigenvalue weighted by Crippen LogP contribution is 2.32. The molecule has 0 aliphatic carbocycles. The molecule has 2 aliphatic heterocycles. The van der Waals surface area contributed by atoms with Crippen molar-refractivity contribution in [2.75, 3.05) is 20.1 Å². The number of hydrogen-bond acceptors (Lipinski definition) is 5. The van der Waals surface area contributed by atoms with Crippen molar-refractivity contribution < 1.29 is 19.1 Å². The lowest BCUT2D eigenvalue weighted by molar-refractivity contribution is -0.134. The summed E-state index contributed by atoms with van der Waals surface area (Å²) in [5.74, 6) is 0.621. The van der Waals surface area contributed by atoms with Crippen LogP contribution in [0.1, 0.15) is 40.0 Å². The predicted octanol–water partition coefficient (Wildman–Crippen LogP) is 4.71. The maximum Gasteiger partial charge on any atom is 0.411 e. The number of rotatable bonds is 0. The highest BCUT2D eigenvalue weighted by atomic mass is 16.6. The summed E-state index contributed by atoms with van der Waals surface area (Å²) in [4.78, 5) is 29.7. The Hall–Kier alpha value is -3.55. The number of likely N-dealkylation sites (N-methyl/N-ethyl adjacent to an activating group) is 1. The molecule has 3 aromatic rings. The molecule has 1 saturated heterocycles. The van der Waals surface area contributed by atoms with Crippen molar-refractivity contribution in [2.45, 2.75) is 64.3 Å². The van der Waals surface area contributed by atoms with Crippen molar-refractivity contribution in [3.8, 4) is 16.9 Å². The summed E-state index contributed by atoms with van der Waals surface area (Å²) in [6.45, 7) is 7.17. The Morgan fingerprint density at radius 2 is 1.89 bits per heavy atom. The molecule has 3 heterocycles. The molecule has 5 rings (SSSR count). The summed E-state index contributed by atoms with van der Waals surface area (Å²) in [6.07, 6.45) is 3.46. The molecule has 6 bridgehead atoms. The van der Waals surface area contributed by atoms with E-state index in [-0.39, 0.29) is 12.0 Å². The van der Waals surface area contributed by atoms with Crippen molar-refractivity contribution in [3.63, 3.8) is 0 Å². The van der Waals surface area contributed by atoms with Crippen molar-refractivity contribution in [1.82, 2.24) is 19.6 Å². The molecule has 0 radical (unpaired) electrons. The maximum absolute atomic E-state index is 13.4. The molecule has 0 N–H and O–H groups in total. The van der Waals surface area contributed by atoms with E-state index >= 15 is 0 Å². The van der Waals surface area contributed by atoms with E-state index in [0.717, 1.165) is 41.4 Å². The number of fused-ring (bicyclic) bond motifs is 6. The first kappa shape index (κ1) is 24.2. The quantitative estimate of drug-likeness (QED) is 0.456. The molecule has 1 fully saturated rings. The molecule has 1 aromatic heterocycles. The fraction of sp³-hybridized carbons (Fsp3) is 0.464. The molecule has 0 saturated carbocycles. The van der Waals surface area contributed by atoms with Crippen LogP contribution in [0.15, 0.2) is 48.7 Å². The van der Waals surface area contributed by atoms with Crippen LogP contribution in [0, 0.1) is 0 Å². The molecule has 36 heavy (non-hydrogen) atoms. The number of carbonyl (C=O) groups excluding carboxylic acids is 2. The second kappa shape index (κ2) is 9.48. The smallest absolute Gasteiger partial charge is 0.411 e. The average Bonchev–Trinajstić information content (AvgIpc) is 3.43. The van der Waals surface area contributed by atoms with Gasteiger partial charge in [0.05, 0.1) is 12.1 Å². The van der Waals surface area contributed by atoms with Crippen molar-refractivity contribution >= 4 is 22.9 Å². The molecule has 2 amide bonds. The zero-order chi connectivity index (χ0) is 25.4. The molecule has 2 atom stereocenters. The fourth-order valence-electron chi connectivity index (χ4n) is 5.01. The van der Waals surface area contributed by atoms with Crippen LogP contribution < -0.4 is 4.74 Å². The average molecular weight is 491 g/mol. The van der Waals surface area contributed by atoms with E-state index in [0.29, 0.717) is 25.3 Å². The first-order valence-electron chi connectivity index (χ1n) is 12.7. The number of aryl methyl sites for hydroxylation is 1. The van der Waals surface area contributed by atoms with Gasteiger partial charge in [-0.1, -0.05) is 24.3 Å². The van der Waals surface area contributed by atoms with E-state index < -0.39 is 17.7 Å². The van der Waals surface area contributed by atoms with Gasteiger partial charge in [-0.2, -0.15) is 5.10 Å². The fourth-order valence-corrected chi connectivity index (χ4v) is 5.01. The van der Waals surface area contributed by atoms with Gasteiger partial charge in [-0.05, 0) is 62.9 Å². The number of ether oxygens (including phenoxy) is 2. The minimum absolute atomic E-state index is 0.0848. The SMILES string of the molecule is CN1CCCCn2cc3c(cccc3n2)-c2cccc(c2)O[C@H]2C[C@@H](C1=O)N(C(=O)OC(C)(C)C)C2. The van der Waals surface area contributed by atoms with Crippen LogP contribution in [0.3, 0.4) is 0 Å². The lowest BCUT2D eigenvalue weighted by Gasteiger charge is -2.30. The van der Waals surface area contributed by atoms with Gasteiger partial charge < -0.3 is 14.4 Å². The summed E-state index contributed by atoms with van der Waals surface area (Å²) in [7, 11) is 1.80. The van der Waals surface area contributed by atoms with Crippen LogP contribution in [0.25, 0.3) is 22.0 Å². The molecule has 8 nitrogen and oxygen atoms in total. The number of benzene rings is 2. The number of amides is 2. The summed E-state index contributed by atoms with van der Waals surface area (Å²) >= 11 is 0. The van der Waals surface area contributed by atoms with Crippen LogP contribution in [-0.4, -0.2) is 69.5 Å². The molecule has 0 unspecified atom stereocenters. The Kier molecular flexibility index (Phi) is 6.36. The highest BCUT2D eigenvalue weighted by molar-refractivity contribution is 5.94. The van der Waals surface area contributed by atoms with Gasteiger partial charge in [0.25, 0.3) is 0 Å². The minimum Gasteiger partial charge on any atom is -0.488 e. The number of carbonyl (C=O) groups is 2. The van der Waals surface area contributed by atoms with Crippen LogP contribution in [0.4, 0.5) is 4.79 Å². The van der Waals surface area contributed by atoms with Gasteiger partial charge in [-0.15, -0.1) is 0 Å². The monoisotopic (exact) mass is 490 g/mol. The lowest BCUT2D eigenvalue weighted by Crippen LogP contribution is -2.48. The summed E-state index contributed by atoms with van der Waals surface area (Å²) < 4.78 is 14.0. The van der Waals surface area contributed by atoms with Crippen molar-refractivity contribution in [1.29, 1.82) is 0 Å². The third-order valence-corrected chi connectivity index (χ3v) is 6.73. The number of nitrogens with zero attached hydrogens (tertiary/aromatic N) is 4. The Balaban J connectivity index is 1.49. The summed E-state index contributed by atoms with van der Waals surface area (Å²) in [5.41, 5.74) is 2.45. The molecular formula is C28H34N4O4. The lowest BCUT2D eigenvalue weighted by atomic mass is 10.0. The number of likely N-dealkylation sites (tertiary alicyclic amines) is 1. The Morgan fingerprint density at radius 1 is 1.11 bits per heavy atom. The van der Waals surface area contributed by atoms with Gasteiger partial charge in [0.15, 0.2) is 0 Å². The summed E-state index contributed by atoms with van der Waals surface area (Å²) in [5, 5.41) is 5.86. The molecule has 2 aliphatic rings. The maximum atomic E-state index is 13.4. The third kappa shape index (κ3) is 5.03. The van der Waals surface area contributed by atoms with Gasteiger partial charge in [0.2, 0.25) is 5.91 Å². The van der Waals surface area contributed by atoms with E-state index in [2.05, 4.69) is 18.3 Å². The Bertz CT molecular complexity index is 1280. The van der Waals surface area contributed by atoms with Crippen LogP contribution in [-0.2, 0) is 16.1 Å². The molecule has 190 valence electrons. The van der Waals surface area contributed by atoms with Gasteiger partial charge in [-0.3, -0.25) is 14.4 Å². The topological polar surface area (TPSA) is 76.9 Å². The summed E-state index contributed by atoms with van der Waals surface area (Å²) in [6, 6.07) is 13.5. The first-order valence-corrected chi connectivity index (χ1v) is 12.7. The van der Waals surface area contributed by atoms with Crippen LogP contribution in [0.2, 0.25) is 0 Å². The zero-order valence-corrected chi connectivity index (χ0v) is 21.4. The van der Waals surface area contributed by atoms with E-state index in [9.17, 15) is 9.59 Å². The van der Waals surface area contributed by atoms with Gasteiger partial charge >= 0.3 is 6.09 Å². The van der Waals surface area contributed by atoms with E-state index in [4.69, 9.17) is 14.6 Å². The van der Waals surface area contributed by atoms with Crippen LogP contribution in [0.5, 0.6) is 5.75 Å². The molecule has 2 aromatic carbocycles. The standard InChI is InChI=1S/C28H34N4O4/c1-28(2,3)36-27(34)32-17-21-16-25(32)26(33)30(4)13-5-6-14-31-18-23-22(11-8-12-24(23)29-31)19-9-7-10-20(15-19)35-21/h7-12,15,18,21,25H,5-6,13-14,16-17H2,1-4H3/t21-,25-/m0/s1. The van der Waals surface area contributed by atoms with E-state index in [1.165, 1.54) is 4.90 Å². The molecular weight excluding hydrogens is 456 g/mol. The zero-order valence-electron chi connectivity index (χ0n) is 21.4. The molecule has 0 spiro atoms. The number of aromatic nitrogens is 2. The van der Waals surface area contributed by atoms with E-state index in [1.54, 1.807) is 11.9 Å². The highest BCUT2D eigenvalue weighted by Gasteiger charge is 2.43.